The van der Waals surface area contributed by atoms with Crippen LogP contribution in [-0.2, 0) is 11.3 Å². The van der Waals surface area contributed by atoms with Crippen molar-refractivity contribution in [1.82, 2.24) is 20.2 Å². The van der Waals surface area contributed by atoms with E-state index < -0.39 is 0 Å². The van der Waals surface area contributed by atoms with Gasteiger partial charge in [0.05, 0.1) is 0 Å². The van der Waals surface area contributed by atoms with E-state index in [0.29, 0.717) is 12.0 Å². The molecule has 2 fully saturated rings. The topological polar surface area (TPSA) is 61.4 Å². The van der Waals surface area contributed by atoms with Crippen molar-refractivity contribution in [2.24, 2.45) is 11.8 Å². The van der Waals surface area contributed by atoms with E-state index in [-0.39, 0.29) is 11.8 Å². The minimum atomic E-state index is 0.0861. The van der Waals surface area contributed by atoms with Crippen LogP contribution in [-0.4, -0.2) is 53.0 Å². The van der Waals surface area contributed by atoms with Crippen molar-refractivity contribution in [2.45, 2.75) is 52.6 Å². The molecule has 2 aliphatic rings. The summed E-state index contributed by atoms with van der Waals surface area (Å²) >= 11 is 0. The molecule has 6 nitrogen and oxygen atoms in total. The molecule has 138 valence electrons. The molecule has 1 aromatic heterocycles. The average Bonchev–Trinajstić information content (AvgIpc) is 3.15. The summed E-state index contributed by atoms with van der Waals surface area (Å²) in [4.78, 5) is 25.5. The maximum atomic E-state index is 12.2. The molecule has 0 saturated carbocycles. The number of nitrogens with one attached hydrogen (secondary N) is 1. The molecule has 0 bridgehead atoms. The predicted octanol–water partition coefficient (Wildman–Crippen LogP) is 2.06. The molecule has 3 heterocycles. The maximum absolute atomic E-state index is 12.2. The molecule has 1 aromatic rings. The number of likely N-dealkylation sites (tertiary alicyclic amines) is 1. The maximum Gasteiger partial charge on any atom is 0.225 e. The van der Waals surface area contributed by atoms with Crippen molar-refractivity contribution in [3.05, 3.63) is 18.0 Å². The van der Waals surface area contributed by atoms with E-state index >= 15 is 0 Å². The van der Waals surface area contributed by atoms with Gasteiger partial charge in [0.25, 0.3) is 0 Å². The lowest BCUT2D eigenvalue weighted by Crippen LogP contribution is -2.50. The zero-order valence-corrected chi connectivity index (χ0v) is 15.7. The number of carbonyl (C=O) groups is 1. The Balaban J connectivity index is 1.48. The fourth-order valence-corrected chi connectivity index (χ4v) is 3.78. The summed E-state index contributed by atoms with van der Waals surface area (Å²) in [5.41, 5.74) is 1.12. The lowest BCUT2D eigenvalue weighted by atomic mass is 9.93. The summed E-state index contributed by atoms with van der Waals surface area (Å²) in [6.45, 7) is 10.8. The fraction of sp³-hybridized carbons (Fsp3) is 0.737. The summed E-state index contributed by atoms with van der Waals surface area (Å²) in [6, 6.07) is 0.439. The lowest BCUT2D eigenvalue weighted by molar-refractivity contribution is -0.136. The van der Waals surface area contributed by atoms with Crippen LogP contribution in [0.4, 0.5) is 5.95 Å². The Labute approximate surface area is 151 Å². The highest BCUT2D eigenvalue weighted by Gasteiger charge is 2.29. The first-order chi connectivity index (χ1) is 12.0. The van der Waals surface area contributed by atoms with E-state index in [1.807, 2.05) is 31.1 Å². The van der Waals surface area contributed by atoms with Crippen LogP contribution in [0.1, 0.15) is 45.6 Å². The number of rotatable bonds is 5. The van der Waals surface area contributed by atoms with Crippen LogP contribution in [0.15, 0.2) is 12.4 Å². The van der Waals surface area contributed by atoms with Gasteiger partial charge in [0.15, 0.2) is 0 Å². The largest absolute Gasteiger partial charge is 0.342 e. The standard InChI is InChI=1S/C19H31N5O/c1-14(2)18(25)24-9-6-17(15(3)13-24)20-10-16-11-21-19(22-12-16)23-7-4-5-8-23/h11-12,14-15,17,20H,4-10,13H2,1-3H3/t15-,17+/m1/s1. The molecule has 0 aromatic carbocycles. The van der Waals surface area contributed by atoms with Crippen molar-refractivity contribution < 1.29 is 4.79 Å². The van der Waals surface area contributed by atoms with E-state index in [4.69, 9.17) is 0 Å². The van der Waals surface area contributed by atoms with E-state index in [0.717, 1.165) is 50.7 Å². The molecule has 1 amide bonds. The van der Waals surface area contributed by atoms with Crippen molar-refractivity contribution in [3.63, 3.8) is 0 Å². The first-order valence-electron chi connectivity index (χ1n) is 9.62. The van der Waals surface area contributed by atoms with Crippen molar-refractivity contribution >= 4 is 11.9 Å². The fourth-order valence-electron chi connectivity index (χ4n) is 3.78. The highest BCUT2D eigenvalue weighted by molar-refractivity contribution is 5.78. The molecule has 25 heavy (non-hydrogen) atoms. The number of nitrogens with zero attached hydrogens (tertiary/aromatic N) is 4. The molecule has 2 saturated heterocycles. The van der Waals surface area contributed by atoms with Crippen LogP contribution in [0.2, 0.25) is 0 Å². The first-order valence-corrected chi connectivity index (χ1v) is 9.62. The van der Waals surface area contributed by atoms with Gasteiger partial charge in [0.1, 0.15) is 0 Å². The number of carbonyl (C=O) groups excluding carboxylic acids is 1. The number of hydrogen-bond donors (Lipinski definition) is 1. The molecule has 3 rings (SSSR count). The molecule has 0 aliphatic carbocycles. The molecule has 0 radical (unpaired) electrons. The van der Waals surface area contributed by atoms with Crippen molar-refractivity contribution in [3.8, 4) is 0 Å². The van der Waals surface area contributed by atoms with Gasteiger partial charge in [-0.3, -0.25) is 4.79 Å². The van der Waals surface area contributed by atoms with Crippen LogP contribution in [0.5, 0.6) is 0 Å². The average molecular weight is 345 g/mol. The number of anilines is 1. The normalized spacial score (nSPS) is 24.2. The zero-order chi connectivity index (χ0) is 17.8. The summed E-state index contributed by atoms with van der Waals surface area (Å²) in [7, 11) is 0. The summed E-state index contributed by atoms with van der Waals surface area (Å²) in [5, 5.41) is 3.63. The van der Waals surface area contributed by atoms with Crippen LogP contribution >= 0.6 is 0 Å². The minimum Gasteiger partial charge on any atom is -0.342 e. The van der Waals surface area contributed by atoms with Crippen LogP contribution in [0.3, 0.4) is 0 Å². The molecule has 2 atom stereocenters. The number of hydrogen-bond acceptors (Lipinski definition) is 5. The molecule has 0 unspecified atom stereocenters. The Kier molecular flexibility index (Phi) is 5.89. The molecule has 2 aliphatic heterocycles. The third kappa shape index (κ3) is 4.48. The van der Waals surface area contributed by atoms with Gasteiger partial charge in [-0.25, -0.2) is 9.97 Å². The quantitative estimate of drug-likeness (QED) is 0.885. The van der Waals surface area contributed by atoms with Gasteiger partial charge >= 0.3 is 0 Å². The number of piperidine rings is 1. The Morgan fingerprint density at radius 2 is 1.92 bits per heavy atom. The van der Waals surface area contributed by atoms with Gasteiger partial charge < -0.3 is 15.1 Å². The van der Waals surface area contributed by atoms with E-state index in [1.54, 1.807) is 0 Å². The first kappa shape index (κ1) is 18.1. The second-order valence-corrected chi connectivity index (χ2v) is 7.78. The number of amides is 1. The molecule has 1 N–H and O–H groups in total. The van der Waals surface area contributed by atoms with Gasteiger partial charge in [-0.05, 0) is 25.2 Å². The van der Waals surface area contributed by atoms with Gasteiger partial charge in [0.2, 0.25) is 11.9 Å². The van der Waals surface area contributed by atoms with E-state index in [2.05, 4.69) is 27.1 Å². The Bertz CT molecular complexity index is 568. The van der Waals surface area contributed by atoms with E-state index in [9.17, 15) is 4.79 Å². The summed E-state index contributed by atoms with van der Waals surface area (Å²) in [6.07, 6.45) is 7.36. The summed E-state index contributed by atoms with van der Waals surface area (Å²) < 4.78 is 0. The molecular formula is C19H31N5O. The Morgan fingerprint density at radius 3 is 2.52 bits per heavy atom. The van der Waals surface area contributed by atoms with Crippen molar-refractivity contribution in [2.75, 3.05) is 31.1 Å². The second kappa shape index (κ2) is 8.13. The van der Waals surface area contributed by atoms with Gasteiger partial charge in [-0.15, -0.1) is 0 Å². The third-order valence-electron chi connectivity index (χ3n) is 5.36. The monoisotopic (exact) mass is 345 g/mol. The van der Waals surface area contributed by atoms with Crippen LogP contribution in [0.25, 0.3) is 0 Å². The highest BCUT2D eigenvalue weighted by Crippen LogP contribution is 2.19. The number of aromatic nitrogens is 2. The SMILES string of the molecule is CC(C)C(=O)N1CC[C@H](NCc2cnc(N3CCCC3)nc2)[C@H](C)C1. The highest BCUT2D eigenvalue weighted by atomic mass is 16.2. The van der Waals surface area contributed by atoms with E-state index in [1.165, 1.54) is 12.8 Å². The van der Waals surface area contributed by atoms with Gasteiger partial charge in [-0.2, -0.15) is 0 Å². The van der Waals surface area contributed by atoms with Gasteiger partial charge in [0, 0.05) is 62.6 Å². The third-order valence-corrected chi connectivity index (χ3v) is 5.36. The molecule has 6 heteroatoms. The molecular weight excluding hydrogens is 314 g/mol. The summed E-state index contributed by atoms with van der Waals surface area (Å²) in [5.74, 6) is 1.68. The Morgan fingerprint density at radius 1 is 1.24 bits per heavy atom. The second-order valence-electron chi connectivity index (χ2n) is 7.78. The zero-order valence-electron chi connectivity index (χ0n) is 15.7. The van der Waals surface area contributed by atoms with Crippen LogP contribution in [0, 0.1) is 11.8 Å². The predicted molar refractivity (Wildman–Crippen MR) is 99.3 cm³/mol. The van der Waals surface area contributed by atoms with Gasteiger partial charge in [-0.1, -0.05) is 20.8 Å². The lowest BCUT2D eigenvalue weighted by Gasteiger charge is -2.38. The molecule has 0 spiro atoms. The van der Waals surface area contributed by atoms with Crippen molar-refractivity contribution in [1.29, 1.82) is 0 Å². The minimum absolute atomic E-state index is 0.0861. The Hall–Kier alpha value is -1.69. The smallest absolute Gasteiger partial charge is 0.225 e. The van der Waals surface area contributed by atoms with Crippen LogP contribution < -0.4 is 10.2 Å².